The zero-order valence-corrected chi connectivity index (χ0v) is 20.6. The normalized spacial score (nSPS) is 21.8. The Labute approximate surface area is 194 Å². The first kappa shape index (κ1) is 20.7. The van der Waals surface area contributed by atoms with E-state index in [1.165, 1.54) is 44.8 Å². The molecule has 1 aromatic carbocycles. The van der Waals surface area contributed by atoms with Gasteiger partial charge in [-0.25, -0.2) is 9.97 Å². The first-order chi connectivity index (χ1) is 14.6. The fourth-order valence-corrected chi connectivity index (χ4v) is 6.80. The highest BCUT2D eigenvalue weighted by Crippen LogP contribution is 2.40. The second kappa shape index (κ2) is 8.77. The zero-order chi connectivity index (χ0) is 20.7. The van der Waals surface area contributed by atoms with Crippen LogP contribution in [-0.2, 0) is 23.3 Å². The van der Waals surface area contributed by atoms with Crippen molar-refractivity contribution in [3.8, 4) is 0 Å². The van der Waals surface area contributed by atoms with E-state index in [2.05, 4.69) is 58.9 Å². The molecule has 3 aromatic rings. The molecule has 0 bridgehead atoms. The van der Waals surface area contributed by atoms with E-state index in [9.17, 15) is 0 Å². The first-order valence-corrected chi connectivity index (χ1v) is 13.3. The van der Waals surface area contributed by atoms with Crippen molar-refractivity contribution in [2.24, 2.45) is 0 Å². The number of ether oxygens (including phenoxy) is 1. The van der Waals surface area contributed by atoms with Gasteiger partial charge in [0.15, 0.2) is 0 Å². The number of anilines is 1. The molecule has 0 radical (unpaired) electrons. The van der Waals surface area contributed by atoms with Crippen LogP contribution in [0.1, 0.15) is 43.0 Å². The zero-order valence-electron chi connectivity index (χ0n) is 17.4. The molecule has 0 N–H and O–H groups in total. The number of benzene rings is 1. The van der Waals surface area contributed by atoms with Crippen molar-refractivity contribution >= 4 is 55.1 Å². The Morgan fingerprint density at radius 3 is 2.60 bits per heavy atom. The molecule has 30 heavy (non-hydrogen) atoms. The fraction of sp³-hybridized carbons (Fsp3) is 0.478. The van der Waals surface area contributed by atoms with Crippen LogP contribution in [0.4, 0.5) is 5.82 Å². The summed E-state index contributed by atoms with van der Waals surface area (Å²) in [5.41, 5.74) is 1.51. The third kappa shape index (κ3) is 4.27. The number of hydrogen-bond donors (Lipinski definition) is 0. The summed E-state index contributed by atoms with van der Waals surface area (Å²) < 4.78 is 7.10. The van der Waals surface area contributed by atoms with Gasteiger partial charge in [0.2, 0.25) is 0 Å². The van der Waals surface area contributed by atoms with E-state index < -0.39 is 0 Å². The largest absolute Gasteiger partial charge is 0.372 e. The third-order valence-electron chi connectivity index (χ3n) is 5.74. The van der Waals surface area contributed by atoms with Crippen LogP contribution in [0.3, 0.4) is 0 Å². The Balaban J connectivity index is 1.53. The topological polar surface area (TPSA) is 38.2 Å². The van der Waals surface area contributed by atoms with Gasteiger partial charge in [0.25, 0.3) is 0 Å². The molecule has 0 amide bonds. The number of thioether (sulfide) groups is 1. The lowest BCUT2D eigenvalue weighted by Crippen LogP contribution is -2.46. The maximum absolute atomic E-state index is 6.00. The number of rotatable bonds is 4. The van der Waals surface area contributed by atoms with Gasteiger partial charge in [0.05, 0.1) is 23.3 Å². The molecule has 4 nitrogen and oxygen atoms in total. The van der Waals surface area contributed by atoms with Gasteiger partial charge in [-0.3, -0.25) is 0 Å². The molecule has 1 aliphatic carbocycles. The monoisotopic (exact) mass is 503 g/mol. The van der Waals surface area contributed by atoms with Crippen molar-refractivity contribution in [3.05, 3.63) is 45.0 Å². The summed E-state index contributed by atoms with van der Waals surface area (Å²) in [5, 5.41) is 1.31. The van der Waals surface area contributed by atoms with E-state index >= 15 is 0 Å². The summed E-state index contributed by atoms with van der Waals surface area (Å²) >= 11 is 7.20. The lowest BCUT2D eigenvalue weighted by molar-refractivity contribution is -0.00538. The molecule has 1 saturated heterocycles. The molecular weight excluding hydrogens is 478 g/mol. The fourth-order valence-electron chi connectivity index (χ4n) is 4.50. The average molecular weight is 505 g/mol. The molecule has 0 spiro atoms. The molecule has 1 aliphatic heterocycles. The summed E-state index contributed by atoms with van der Waals surface area (Å²) in [7, 11) is 0. The van der Waals surface area contributed by atoms with Gasteiger partial charge >= 0.3 is 0 Å². The van der Waals surface area contributed by atoms with Gasteiger partial charge in [0, 0.05) is 27.3 Å². The van der Waals surface area contributed by atoms with E-state index in [-0.39, 0.29) is 12.2 Å². The van der Waals surface area contributed by atoms with Crippen LogP contribution >= 0.6 is 39.0 Å². The van der Waals surface area contributed by atoms with Crippen LogP contribution in [0.5, 0.6) is 0 Å². The lowest BCUT2D eigenvalue weighted by atomic mass is 9.96. The highest BCUT2D eigenvalue weighted by Gasteiger charge is 2.28. The summed E-state index contributed by atoms with van der Waals surface area (Å²) in [6, 6.07) is 8.45. The van der Waals surface area contributed by atoms with Crippen molar-refractivity contribution < 1.29 is 4.74 Å². The van der Waals surface area contributed by atoms with Gasteiger partial charge in [-0.15, -0.1) is 23.1 Å². The first-order valence-electron chi connectivity index (χ1n) is 10.7. The predicted molar refractivity (Wildman–Crippen MR) is 130 cm³/mol. The van der Waals surface area contributed by atoms with Gasteiger partial charge in [-0.1, -0.05) is 15.9 Å². The summed E-state index contributed by atoms with van der Waals surface area (Å²) in [6.45, 7) is 6.10. The summed E-state index contributed by atoms with van der Waals surface area (Å²) in [4.78, 5) is 16.5. The van der Waals surface area contributed by atoms with Gasteiger partial charge in [0.1, 0.15) is 16.5 Å². The molecule has 0 unspecified atom stereocenters. The van der Waals surface area contributed by atoms with E-state index in [0.29, 0.717) is 0 Å². The summed E-state index contributed by atoms with van der Waals surface area (Å²) in [6.07, 6.45) is 5.35. The van der Waals surface area contributed by atoms with E-state index in [1.807, 2.05) is 11.3 Å². The number of hydrogen-bond acceptors (Lipinski definition) is 6. The minimum Gasteiger partial charge on any atom is -0.372 e. The number of aryl methyl sites for hydroxylation is 2. The Morgan fingerprint density at radius 2 is 1.83 bits per heavy atom. The Bertz CT molecular complexity index is 1040. The lowest BCUT2D eigenvalue weighted by Gasteiger charge is -2.36. The van der Waals surface area contributed by atoms with Gasteiger partial charge < -0.3 is 9.64 Å². The maximum Gasteiger partial charge on any atom is 0.142 e. The third-order valence-corrected chi connectivity index (χ3v) is 8.46. The molecule has 0 saturated carbocycles. The second-order valence-electron chi connectivity index (χ2n) is 8.26. The molecule has 158 valence electrons. The smallest absolute Gasteiger partial charge is 0.142 e. The number of nitrogens with zero attached hydrogens (tertiary/aromatic N) is 3. The number of thiophene rings is 1. The van der Waals surface area contributed by atoms with Crippen molar-refractivity contribution in [3.63, 3.8) is 0 Å². The quantitative estimate of drug-likeness (QED) is 0.394. The van der Waals surface area contributed by atoms with Crippen molar-refractivity contribution in [2.75, 3.05) is 18.0 Å². The number of halogens is 1. The predicted octanol–water partition coefficient (Wildman–Crippen LogP) is 6.24. The van der Waals surface area contributed by atoms with E-state index in [1.54, 1.807) is 11.8 Å². The van der Waals surface area contributed by atoms with Crippen molar-refractivity contribution in [1.29, 1.82) is 0 Å². The molecule has 2 aliphatic rings. The second-order valence-corrected chi connectivity index (χ2v) is 11.3. The number of aromatic nitrogens is 2. The molecule has 5 rings (SSSR count). The van der Waals surface area contributed by atoms with Crippen LogP contribution in [0.2, 0.25) is 0 Å². The summed E-state index contributed by atoms with van der Waals surface area (Å²) in [5.74, 6) is 2.84. The average Bonchev–Trinajstić information content (AvgIpc) is 3.10. The Hall–Kier alpha value is -1.15. The van der Waals surface area contributed by atoms with E-state index in [4.69, 9.17) is 14.7 Å². The number of fused-ring (bicyclic) bond motifs is 3. The molecule has 7 heteroatoms. The van der Waals surface area contributed by atoms with Crippen LogP contribution in [0.25, 0.3) is 10.2 Å². The Morgan fingerprint density at radius 1 is 1.10 bits per heavy atom. The molecule has 2 atom stereocenters. The van der Waals surface area contributed by atoms with Gasteiger partial charge in [-0.2, -0.15) is 0 Å². The van der Waals surface area contributed by atoms with Crippen LogP contribution in [-0.4, -0.2) is 35.3 Å². The highest BCUT2D eigenvalue weighted by molar-refractivity contribution is 9.10. The van der Waals surface area contributed by atoms with Crippen LogP contribution in [0, 0.1) is 0 Å². The molecule has 1 fully saturated rings. The minimum atomic E-state index is 0.216. The molecule has 3 heterocycles. The SMILES string of the molecule is C[C@@H]1CN(c2nc(CSc3ccc(Br)cc3)nc3sc4c(c23)CCCC4)C[C@@H](C)O1. The van der Waals surface area contributed by atoms with Crippen LogP contribution in [0.15, 0.2) is 33.6 Å². The van der Waals surface area contributed by atoms with Crippen molar-refractivity contribution in [1.82, 2.24) is 9.97 Å². The highest BCUT2D eigenvalue weighted by atomic mass is 79.9. The van der Waals surface area contributed by atoms with Gasteiger partial charge in [-0.05, 0) is 69.4 Å². The van der Waals surface area contributed by atoms with Crippen molar-refractivity contribution in [2.45, 2.75) is 62.4 Å². The number of morpholine rings is 1. The Kier molecular flexibility index (Phi) is 6.06. The van der Waals surface area contributed by atoms with Crippen LogP contribution < -0.4 is 4.90 Å². The molecule has 2 aromatic heterocycles. The minimum absolute atomic E-state index is 0.216. The van der Waals surface area contributed by atoms with E-state index in [0.717, 1.165) is 41.4 Å². The molecular formula is C23H26BrN3OS2. The maximum atomic E-state index is 6.00. The standard InChI is InChI=1S/C23H26BrN3OS2/c1-14-11-27(12-15(2)28-14)22-21-18-5-3-4-6-19(18)30-23(21)26-20(25-22)13-29-17-9-7-16(24)8-10-17/h7-10,14-15H,3-6,11-13H2,1-2H3/t14-,15-/m1/s1.